The van der Waals surface area contributed by atoms with E-state index < -0.39 is 6.10 Å². The second-order valence-corrected chi connectivity index (χ2v) is 10.2. The van der Waals surface area contributed by atoms with Gasteiger partial charge in [0.2, 0.25) is 0 Å². The van der Waals surface area contributed by atoms with Crippen LogP contribution in [0.25, 0.3) is 21.9 Å². The van der Waals surface area contributed by atoms with Crippen molar-refractivity contribution < 1.29 is 22.9 Å². The number of fused-ring (bicyclic) bond motifs is 2. The highest BCUT2D eigenvalue weighted by Gasteiger charge is 2.29. The first-order valence-corrected chi connectivity index (χ1v) is 12.8. The summed E-state index contributed by atoms with van der Waals surface area (Å²) < 4.78 is 37.6. The maximum absolute atomic E-state index is 13.4. The molecule has 6 rings (SSSR count). The predicted octanol–water partition coefficient (Wildman–Crippen LogP) is 4.67. The molecule has 2 fully saturated rings. The van der Waals surface area contributed by atoms with Gasteiger partial charge in [-0.15, -0.1) is 0 Å². The number of aliphatic hydroxyl groups excluding tert-OH is 1. The molecule has 0 atom stereocenters. The zero-order chi connectivity index (χ0) is 24.6. The maximum atomic E-state index is 13.4. The highest BCUT2D eigenvalue weighted by molar-refractivity contribution is 5.80. The van der Waals surface area contributed by atoms with Gasteiger partial charge in [-0.1, -0.05) is 10.3 Å². The van der Waals surface area contributed by atoms with Crippen LogP contribution in [0.5, 0.6) is 0 Å². The van der Waals surface area contributed by atoms with Crippen molar-refractivity contribution in [3.05, 3.63) is 59.4 Å². The van der Waals surface area contributed by atoms with Gasteiger partial charge < -0.3 is 24.0 Å². The van der Waals surface area contributed by atoms with Crippen LogP contribution in [0.1, 0.15) is 48.9 Å². The number of hydrogen-bond donors (Lipinski definition) is 1. The van der Waals surface area contributed by atoms with Gasteiger partial charge in [0.25, 0.3) is 0 Å². The second-order valence-electron chi connectivity index (χ2n) is 10.2. The summed E-state index contributed by atoms with van der Waals surface area (Å²) in [6, 6.07) is 9.17. The minimum atomic E-state index is -0.412. The molecule has 0 radical (unpaired) electrons. The normalized spacial score (nSPS) is 19.2. The Labute approximate surface area is 207 Å². The minimum Gasteiger partial charge on any atom is -0.390 e. The number of benzene rings is 2. The van der Waals surface area contributed by atoms with Crippen molar-refractivity contribution in [2.45, 2.75) is 43.6 Å². The van der Waals surface area contributed by atoms with Crippen molar-refractivity contribution in [1.29, 1.82) is 0 Å². The summed E-state index contributed by atoms with van der Waals surface area (Å²) in [6.07, 6.45) is 3.34. The number of aliphatic hydroxyl groups is 1. The molecule has 2 aromatic carbocycles. The molecule has 0 unspecified atom stereocenters. The predicted molar refractivity (Wildman–Crippen MR) is 131 cm³/mol. The summed E-state index contributed by atoms with van der Waals surface area (Å²) in [7, 11) is 0. The minimum absolute atomic E-state index is 0.285. The first kappa shape index (κ1) is 23.5. The highest BCUT2D eigenvalue weighted by Crippen LogP contribution is 2.34. The molecule has 2 aliphatic rings. The number of hydrogen-bond acceptors (Lipinski definition) is 7. The van der Waals surface area contributed by atoms with Crippen molar-refractivity contribution in [3.63, 3.8) is 0 Å². The van der Waals surface area contributed by atoms with Gasteiger partial charge in [-0.05, 0) is 76.1 Å². The summed E-state index contributed by atoms with van der Waals surface area (Å²) in [6.45, 7) is 4.85. The summed E-state index contributed by atoms with van der Waals surface area (Å²) in [5.41, 5.74) is 2.82. The number of halogens is 2. The first-order valence-electron chi connectivity index (χ1n) is 12.8. The Kier molecular flexibility index (Phi) is 6.45. The maximum Gasteiger partial charge on any atom is 0.170 e. The van der Waals surface area contributed by atoms with E-state index in [1.165, 1.54) is 24.3 Å². The van der Waals surface area contributed by atoms with Crippen LogP contribution in [0, 0.1) is 11.6 Å². The SMILES string of the molecule is OC(CN1CCC(c2noc3cc(F)ccc23)CC1)CN1CCC(c2noc3cc(F)ccc23)CC1. The first-order chi connectivity index (χ1) is 17.5. The standard InChI is InChI=1S/C27H30F2N4O3/c28-19-1-3-22-24(13-19)35-30-26(22)17-5-9-32(10-6-17)15-21(34)16-33-11-7-18(8-12-33)27-23-4-2-20(29)14-25(23)36-31-27/h1-4,13-14,17-18,21,34H,5-12,15-16H2. The van der Waals surface area contributed by atoms with Gasteiger partial charge in [0.15, 0.2) is 11.2 Å². The lowest BCUT2D eigenvalue weighted by molar-refractivity contribution is 0.0564. The molecule has 7 nitrogen and oxygen atoms in total. The third-order valence-electron chi connectivity index (χ3n) is 7.81. The van der Waals surface area contributed by atoms with Crippen LogP contribution in [-0.2, 0) is 0 Å². The average molecular weight is 497 g/mol. The summed E-state index contributed by atoms with van der Waals surface area (Å²) in [4.78, 5) is 4.63. The molecule has 0 amide bonds. The van der Waals surface area contributed by atoms with Crippen LogP contribution >= 0.6 is 0 Å². The molecular weight excluding hydrogens is 466 g/mol. The average Bonchev–Trinajstić information content (AvgIpc) is 3.48. The van der Waals surface area contributed by atoms with E-state index in [4.69, 9.17) is 9.05 Å². The molecule has 36 heavy (non-hydrogen) atoms. The van der Waals surface area contributed by atoms with Gasteiger partial charge >= 0.3 is 0 Å². The van der Waals surface area contributed by atoms with E-state index in [0.717, 1.165) is 74.0 Å². The van der Waals surface area contributed by atoms with Crippen LogP contribution in [0.15, 0.2) is 45.4 Å². The van der Waals surface area contributed by atoms with Crippen LogP contribution in [-0.4, -0.2) is 70.6 Å². The smallest absolute Gasteiger partial charge is 0.170 e. The molecule has 0 bridgehead atoms. The van der Waals surface area contributed by atoms with Crippen LogP contribution < -0.4 is 0 Å². The molecule has 2 saturated heterocycles. The van der Waals surface area contributed by atoms with Gasteiger partial charge in [0, 0.05) is 47.8 Å². The second kappa shape index (κ2) is 9.88. The molecular formula is C27H30F2N4O3. The fourth-order valence-corrected chi connectivity index (χ4v) is 5.88. The molecule has 190 valence electrons. The van der Waals surface area contributed by atoms with E-state index in [2.05, 4.69) is 20.1 Å². The Morgan fingerprint density at radius 1 is 0.750 bits per heavy atom. The number of rotatable bonds is 6. The fourth-order valence-electron chi connectivity index (χ4n) is 5.88. The zero-order valence-electron chi connectivity index (χ0n) is 20.1. The monoisotopic (exact) mass is 496 g/mol. The zero-order valence-corrected chi connectivity index (χ0v) is 20.1. The third-order valence-corrected chi connectivity index (χ3v) is 7.81. The van der Waals surface area contributed by atoms with E-state index in [1.54, 1.807) is 12.1 Å². The Morgan fingerprint density at radius 2 is 1.17 bits per heavy atom. The van der Waals surface area contributed by atoms with Crippen molar-refractivity contribution in [1.82, 2.24) is 20.1 Å². The van der Waals surface area contributed by atoms with Crippen molar-refractivity contribution in [2.24, 2.45) is 0 Å². The van der Waals surface area contributed by atoms with Crippen molar-refractivity contribution in [3.8, 4) is 0 Å². The number of nitrogens with zero attached hydrogens (tertiary/aromatic N) is 4. The molecule has 2 aromatic heterocycles. The van der Waals surface area contributed by atoms with E-state index >= 15 is 0 Å². The van der Waals surface area contributed by atoms with Gasteiger partial charge in [0.05, 0.1) is 17.5 Å². The van der Waals surface area contributed by atoms with E-state index in [0.29, 0.717) is 24.3 Å². The lowest BCUT2D eigenvalue weighted by atomic mass is 9.91. The van der Waals surface area contributed by atoms with E-state index in [1.807, 2.05) is 0 Å². The van der Waals surface area contributed by atoms with Gasteiger partial charge in [-0.2, -0.15) is 0 Å². The Hall–Kier alpha value is -2.88. The Balaban J connectivity index is 0.973. The molecule has 2 aliphatic heterocycles. The van der Waals surface area contributed by atoms with Crippen LogP contribution in [0.4, 0.5) is 8.78 Å². The number of β-amino-alcohol motifs (C(OH)–C–C–N with tert-alkyl or cyclic N) is 1. The quantitative estimate of drug-likeness (QED) is 0.416. The number of aromatic nitrogens is 2. The summed E-state index contributed by atoms with van der Waals surface area (Å²) in [5, 5.41) is 21.0. The van der Waals surface area contributed by atoms with Crippen molar-refractivity contribution in [2.75, 3.05) is 39.3 Å². The van der Waals surface area contributed by atoms with E-state index in [-0.39, 0.29) is 23.5 Å². The van der Waals surface area contributed by atoms with Gasteiger partial charge in [0.1, 0.15) is 11.6 Å². The topological polar surface area (TPSA) is 78.8 Å². The third kappa shape index (κ3) is 4.75. The number of piperidine rings is 2. The molecule has 0 spiro atoms. The highest BCUT2D eigenvalue weighted by atomic mass is 19.1. The van der Waals surface area contributed by atoms with Crippen LogP contribution in [0.3, 0.4) is 0 Å². The lowest BCUT2D eigenvalue weighted by Crippen LogP contribution is -2.44. The summed E-state index contributed by atoms with van der Waals surface area (Å²) in [5.74, 6) is -0.0652. The van der Waals surface area contributed by atoms with E-state index in [9.17, 15) is 13.9 Å². The van der Waals surface area contributed by atoms with Gasteiger partial charge in [-0.25, -0.2) is 8.78 Å². The molecule has 4 aromatic rings. The van der Waals surface area contributed by atoms with Crippen molar-refractivity contribution >= 4 is 21.9 Å². The largest absolute Gasteiger partial charge is 0.390 e. The molecule has 0 aliphatic carbocycles. The molecule has 1 N–H and O–H groups in total. The fraction of sp³-hybridized carbons (Fsp3) is 0.481. The lowest BCUT2D eigenvalue weighted by Gasteiger charge is -2.35. The van der Waals surface area contributed by atoms with Gasteiger partial charge in [-0.3, -0.25) is 0 Å². The van der Waals surface area contributed by atoms with Crippen LogP contribution in [0.2, 0.25) is 0 Å². The molecule has 0 saturated carbocycles. The molecule has 9 heteroatoms. The summed E-state index contributed by atoms with van der Waals surface area (Å²) >= 11 is 0. The Bertz CT molecular complexity index is 1240. The molecule has 4 heterocycles. The Morgan fingerprint density at radius 3 is 1.58 bits per heavy atom. The number of likely N-dealkylation sites (tertiary alicyclic amines) is 2.